The average molecular weight is 329 g/mol. The van der Waals surface area contributed by atoms with Crippen LogP contribution in [-0.4, -0.2) is 23.3 Å². The van der Waals surface area contributed by atoms with Crippen molar-refractivity contribution in [1.82, 2.24) is 0 Å². The van der Waals surface area contributed by atoms with E-state index in [0.717, 1.165) is 6.07 Å². The molecule has 2 aromatic rings. The fraction of sp³-hybridized carbons (Fsp3) is 0.176. The predicted octanol–water partition coefficient (Wildman–Crippen LogP) is 3.42. The molecule has 0 aliphatic carbocycles. The number of Topliss-reactive ketones (excluding diaryl/α,β-unsaturated/α-hetero) is 1. The Bertz CT molecular complexity index is 782. The Morgan fingerprint density at radius 1 is 1.08 bits per heavy atom. The molecular formula is C17H15NO6. The summed E-state index contributed by atoms with van der Waals surface area (Å²) >= 11 is 0. The number of nitro groups is 1. The molecule has 0 bridgehead atoms. The number of carbonyl (C=O) groups excluding carboxylic acids is 2. The number of carbonyl (C=O) groups is 2. The predicted molar refractivity (Wildman–Crippen MR) is 85.7 cm³/mol. The second-order valence-corrected chi connectivity index (χ2v) is 4.84. The van der Waals surface area contributed by atoms with Gasteiger partial charge in [-0.25, -0.2) is 4.79 Å². The Hall–Kier alpha value is -3.22. The van der Waals surface area contributed by atoms with Gasteiger partial charge in [0, 0.05) is 11.6 Å². The third-order valence-corrected chi connectivity index (χ3v) is 3.16. The Kier molecular flexibility index (Phi) is 5.26. The summed E-state index contributed by atoms with van der Waals surface area (Å²) < 4.78 is 10.3. The molecular weight excluding hydrogens is 314 g/mol. The summed E-state index contributed by atoms with van der Waals surface area (Å²) in [6, 6.07) is 9.89. The van der Waals surface area contributed by atoms with Gasteiger partial charge >= 0.3 is 11.7 Å². The van der Waals surface area contributed by atoms with E-state index in [4.69, 9.17) is 9.47 Å². The zero-order valence-corrected chi connectivity index (χ0v) is 13.1. The first kappa shape index (κ1) is 17.1. The van der Waals surface area contributed by atoms with E-state index in [0.29, 0.717) is 5.56 Å². The summed E-state index contributed by atoms with van der Waals surface area (Å²) in [4.78, 5) is 33.8. The van der Waals surface area contributed by atoms with Gasteiger partial charge in [-0.1, -0.05) is 0 Å². The molecule has 0 aliphatic heterocycles. The van der Waals surface area contributed by atoms with Gasteiger partial charge in [-0.2, -0.15) is 0 Å². The summed E-state index contributed by atoms with van der Waals surface area (Å²) in [5.41, 5.74) is 0.213. The van der Waals surface area contributed by atoms with Crippen LogP contribution in [0.15, 0.2) is 42.5 Å². The number of benzene rings is 2. The quantitative estimate of drug-likeness (QED) is 0.265. The van der Waals surface area contributed by atoms with Crippen molar-refractivity contribution < 1.29 is 24.0 Å². The standard InChI is InChI=1S/C17H15NO6/c1-3-23-16-9-6-13(10-15(16)18(21)22)17(20)24-14-7-4-12(5-8-14)11(2)19/h4-10H,3H2,1-2H3. The molecule has 2 aromatic carbocycles. The van der Waals surface area contributed by atoms with E-state index in [-0.39, 0.29) is 35.1 Å². The maximum absolute atomic E-state index is 12.1. The smallest absolute Gasteiger partial charge is 0.343 e. The lowest BCUT2D eigenvalue weighted by Crippen LogP contribution is -2.09. The van der Waals surface area contributed by atoms with Gasteiger partial charge in [0.25, 0.3) is 0 Å². The SMILES string of the molecule is CCOc1ccc(C(=O)Oc2ccc(C(C)=O)cc2)cc1[N+](=O)[O-]. The van der Waals surface area contributed by atoms with E-state index >= 15 is 0 Å². The van der Waals surface area contributed by atoms with Gasteiger partial charge in [-0.15, -0.1) is 0 Å². The molecule has 0 fully saturated rings. The van der Waals surface area contributed by atoms with Gasteiger partial charge in [0.2, 0.25) is 0 Å². The molecule has 24 heavy (non-hydrogen) atoms. The largest absolute Gasteiger partial charge is 0.487 e. The minimum atomic E-state index is -0.739. The molecule has 0 amide bonds. The van der Waals surface area contributed by atoms with Crippen molar-refractivity contribution in [3.05, 3.63) is 63.7 Å². The molecule has 0 unspecified atom stereocenters. The average Bonchev–Trinajstić information content (AvgIpc) is 2.55. The number of ether oxygens (including phenoxy) is 2. The van der Waals surface area contributed by atoms with Crippen molar-refractivity contribution in [3.8, 4) is 11.5 Å². The van der Waals surface area contributed by atoms with Gasteiger partial charge in [0.05, 0.1) is 17.1 Å². The normalized spacial score (nSPS) is 10.1. The maximum atomic E-state index is 12.1. The zero-order valence-electron chi connectivity index (χ0n) is 13.1. The summed E-state index contributed by atoms with van der Waals surface area (Å²) in [5.74, 6) is -0.516. The Morgan fingerprint density at radius 2 is 1.71 bits per heavy atom. The fourth-order valence-corrected chi connectivity index (χ4v) is 1.99. The number of nitro benzene ring substituents is 1. The van der Waals surface area contributed by atoms with E-state index in [1.807, 2.05) is 0 Å². The van der Waals surface area contributed by atoms with Crippen molar-refractivity contribution in [2.45, 2.75) is 13.8 Å². The van der Waals surface area contributed by atoms with Crippen LogP contribution in [0, 0.1) is 10.1 Å². The Balaban J connectivity index is 2.21. The summed E-state index contributed by atoms with van der Waals surface area (Å²) in [5, 5.41) is 11.1. The van der Waals surface area contributed by atoms with Crippen molar-refractivity contribution in [2.24, 2.45) is 0 Å². The van der Waals surface area contributed by atoms with Crippen LogP contribution in [-0.2, 0) is 0 Å². The van der Waals surface area contributed by atoms with Crippen LogP contribution >= 0.6 is 0 Å². The molecule has 0 saturated heterocycles. The van der Waals surface area contributed by atoms with E-state index in [1.165, 1.54) is 43.3 Å². The maximum Gasteiger partial charge on any atom is 0.343 e. The van der Waals surface area contributed by atoms with Crippen molar-refractivity contribution >= 4 is 17.4 Å². The van der Waals surface area contributed by atoms with E-state index in [2.05, 4.69) is 0 Å². The first-order chi connectivity index (χ1) is 11.4. The molecule has 0 saturated carbocycles. The van der Waals surface area contributed by atoms with E-state index < -0.39 is 10.9 Å². The van der Waals surface area contributed by atoms with Crippen molar-refractivity contribution in [2.75, 3.05) is 6.61 Å². The first-order valence-corrected chi connectivity index (χ1v) is 7.16. The van der Waals surface area contributed by atoms with Gasteiger partial charge in [0.15, 0.2) is 11.5 Å². The Morgan fingerprint density at radius 3 is 2.25 bits per heavy atom. The highest BCUT2D eigenvalue weighted by Crippen LogP contribution is 2.28. The minimum Gasteiger partial charge on any atom is -0.487 e. The second-order valence-electron chi connectivity index (χ2n) is 4.84. The molecule has 0 N–H and O–H groups in total. The summed E-state index contributed by atoms with van der Waals surface area (Å²) in [6.07, 6.45) is 0. The number of ketones is 1. The third-order valence-electron chi connectivity index (χ3n) is 3.16. The monoisotopic (exact) mass is 329 g/mol. The number of nitrogens with zero attached hydrogens (tertiary/aromatic N) is 1. The Labute approximate surface area is 138 Å². The van der Waals surface area contributed by atoms with Gasteiger partial charge < -0.3 is 9.47 Å². The van der Waals surface area contributed by atoms with Crippen LogP contribution in [0.4, 0.5) is 5.69 Å². The van der Waals surface area contributed by atoms with E-state index in [1.54, 1.807) is 6.92 Å². The zero-order chi connectivity index (χ0) is 17.7. The summed E-state index contributed by atoms with van der Waals surface area (Å²) in [6.45, 7) is 3.41. The van der Waals surface area contributed by atoms with Crippen molar-refractivity contribution in [1.29, 1.82) is 0 Å². The van der Waals surface area contributed by atoms with Crippen LogP contribution < -0.4 is 9.47 Å². The minimum absolute atomic E-state index is 0.0285. The highest BCUT2D eigenvalue weighted by molar-refractivity contribution is 5.94. The lowest BCUT2D eigenvalue weighted by Gasteiger charge is -2.07. The fourth-order valence-electron chi connectivity index (χ4n) is 1.99. The molecule has 0 aliphatic rings. The number of rotatable bonds is 6. The highest BCUT2D eigenvalue weighted by atomic mass is 16.6. The molecule has 0 radical (unpaired) electrons. The molecule has 0 atom stereocenters. The van der Waals surface area contributed by atoms with Crippen LogP contribution in [0.2, 0.25) is 0 Å². The molecule has 2 rings (SSSR count). The molecule has 0 spiro atoms. The molecule has 124 valence electrons. The molecule has 7 heteroatoms. The van der Waals surface area contributed by atoms with Crippen LogP contribution in [0.3, 0.4) is 0 Å². The third kappa shape index (κ3) is 3.95. The molecule has 0 heterocycles. The van der Waals surface area contributed by atoms with E-state index in [9.17, 15) is 19.7 Å². The second kappa shape index (κ2) is 7.36. The van der Waals surface area contributed by atoms with Crippen LogP contribution in [0.5, 0.6) is 11.5 Å². The lowest BCUT2D eigenvalue weighted by molar-refractivity contribution is -0.385. The highest BCUT2D eigenvalue weighted by Gasteiger charge is 2.19. The lowest BCUT2D eigenvalue weighted by atomic mass is 10.1. The van der Waals surface area contributed by atoms with Gasteiger partial charge in [0.1, 0.15) is 5.75 Å². The first-order valence-electron chi connectivity index (χ1n) is 7.16. The number of hydrogen-bond acceptors (Lipinski definition) is 6. The van der Waals surface area contributed by atoms with Crippen LogP contribution in [0.1, 0.15) is 34.6 Å². The molecule has 0 aromatic heterocycles. The summed E-state index contributed by atoms with van der Waals surface area (Å²) in [7, 11) is 0. The molecule has 7 nitrogen and oxygen atoms in total. The number of esters is 1. The van der Waals surface area contributed by atoms with Crippen LogP contribution in [0.25, 0.3) is 0 Å². The topological polar surface area (TPSA) is 95.7 Å². The van der Waals surface area contributed by atoms with Gasteiger partial charge in [-0.05, 0) is 50.2 Å². The number of hydrogen-bond donors (Lipinski definition) is 0. The van der Waals surface area contributed by atoms with Crippen molar-refractivity contribution in [3.63, 3.8) is 0 Å². The van der Waals surface area contributed by atoms with Gasteiger partial charge in [-0.3, -0.25) is 14.9 Å².